The molecule has 4 nitrogen and oxygen atoms in total. The smallest absolute Gasteiger partial charge is 0.133 e. The number of hydrogen-bond donors (Lipinski definition) is 1. The molecule has 0 aliphatic heterocycles. The Balaban J connectivity index is 2.18. The van der Waals surface area contributed by atoms with E-state index < -0.39 is 0 Å². The molecule has 0 spiro atoms. The summed E-state index contributed by atoms with van der Waals surface area (Å²) < 4.78 is 1.00. The number of rotatable bonds is 6. The quantitative estimate of drug-likeness (QED) is 0.881. The number of nitrogens with one attached hydrogen (secondary N) is 1. The first-order valence-corrected chi connectivity index (χ1v) is 7.45. The highest BCUT2D eigenvalue weighted by Gasteiger charge is 2.10. The number of nitrogens with zero attached hydrogens (tertiary/aromatic N) is 3. The molecule has 0 fully saturated rings. The van der Waals surface area contributed by atoms with Crippen LogP contribution in [0.1, 0.15) is 18.1 Å². The summed E-state index contributed by atoms with van der Waals surface area (Å²) in [7, 11) is 2.05. The zero-order valence-corrected chi connectivity index (χ0v) is 13.4. The molecule has 2 heterocycles. The van der Waals surface area contributed by atoms with E-state index >= 15 is 0 Å². The lowest BCUT2D eigenvalue weighted by molar-refractivity contribution is 0.718. The van der Waals surface area contributed by atoms with Gasteiger partial charge in [-0.3, -0.25) is 4.98 Å². The van der Waals surface area contributed by atoms with Crippen LogP contribution >= 0.6 is 15.9 Å². The van der Waals surface area contributed by atoms with E-state index in [-0.39, 0.29) is 0 Å². The van der Waals surface area contributed by atoms with Crippen molar-refractivity contribution in [1.82, 2.24) is 15.3 Å². The van der Waals surface area contributed by atoms with E-state index in [1.165, 1.54) is 11.1 Å². The van der Waals surface area contributed by atoms with Crippen LogP contribution in [0.2, 0.25) is 0 Å². The van der Waals surface area contributed by atoms with Crippen molar-refractivity contribution in [3.05, 3.63) is 52.4 Å². The van der Waals surface area contributed by atoms with Gasteiger partial charge in [0.2, 0.25) is 0 Å². The minimum atomic E-state index is 0.793. The van der Waals surface area contributed by atoms with E-state index in [4.69, 9.17) is 0 Å². The molecule has 0 amide bonds. The van der Waals surface area contributed by atoms with Gasteiger partial charge in [0.05, 0.1) is 0 Å². The first-order valence-electron chi connectivity index (χ1n) is 6.66. The molecular weight excluding hydrogens is 316 g/mol. The third-order valence-electron chi connectivity index (χ3n) is 2.98. The molecule has 1 N–H and O–H groups in total. The Morgan fingerprint density at radius 3 is 2.90 bits per heavy atom. The average molecular weight is 335 g/mol. The highest BCUT2D eigenvalue weighted by Crippen LogP contribution is 2.22. The number of aromatic nitrogens is 2. The number of pyridine rings is 2. The number of halogens is 1. The molecule has 5 heteroatoms. The minimum absolute atomic E-state index is 0.793. The van der Waals surface area contributed by atoms with Gasteiger partial charge < -0.3 is 10.2 Å². The molecule has 2 rings (SSSR count). The molecule has 106 valence electrons. The van der Waals surface area contributed by atoms with Crippen LogP contribution in [-0.2, 0) is 13.1 Å². The van der Waals surface area contributed by atoms with Gasteiger partial charge in [-0.15, -0.1) is 0 Å². The van der Waals surface area contributed by atoms with Crippen molar-refractivity contribution in [1.29, 1.82) is 0 Å². The van der Waals surface area contributed by atoms with Gasteiger partial charge in [-0.1, -0.05) is 13.0 Å². The van der Waals surface area contributed by atoms with Gasteiger partial charge in [-0.05, 0) is 40.2 Å². The van der Waals surface area contributed by atoms with Crippen LogP contribution in [0.15, 0.2) is 41.3 Å². The van der Waals surface area contributed by atoms with Gasteiger partial charge in [-0.2, -0.15) is 0 Å². The Morgan fingerprint density at radius 1 is 1.35 bits per heavy atom. The molecule has 0 radical (unpaired) electrons. The average Bonchev–Trinajstić information content (AvgIpc) is 2.46. The van der Waals surface area contributed by atoms with Gasteiger partial charge in [0.25, 0.3) is 0 Å². The molecule has 0 aliphatic rings. The molecular formula is C15H19BrN4. The van der Waals surface area contributed by atoms with Crippen molar-refractivity contribution in [2.24, 2.45) is 0 Å². The molecule has 2 aromatic heterocycles. The summed E-state index contributed by atoms with van der Waals surface area (Å²) in [5, 5.41) is 3.35. The SMILES string of the molecule is CCNCc1cc(Br)cnc1N(C)Cc1cccnc1. The van der Waals surface area contributed by atoms with E-state index in [0.717, 1.165) is 29.9 Å². The summed E-state index contributed by atoms with van der Waals surface area (Å²) in [6.45, 7) is 4.65. The van der Waals surface area contributed by atoms with Crippen LogP contribution in [0.25, 0.3) is 0 Å². The van der Waals surface area contributed by atoms with Gasteiger partial charge in [0, 0.05) is 48.8 Å². The summed E-state index contributed by atoms with van der Waals surface area (Å²) in [6.07, 6.45) is 5.52. The van der Waals surface area contributed by atoms with E-state index in [2.05, 4.69) is 62.2 Å². The maximum atomic E-state index is 4.55. The molecule has 0 aromatic carbocycles. The van der Waals surface area contributed by atoms with E-state index in [9.17, 15) is 0 Å². The third-order valence-corrected chi connectivity index (χ3v) is 3.41. The Kier molecular flexibility index (Phi) is 5.49. The van der Waals surface area contributed by atoms with Gasteiger partial charge >= 0.3 is 0 Å². The van der Waals surface area contributed by atoms with Crippen molar-refractivity contribution < 1.29 is 0 Å². The zero-order chi connectivity index (χ0) is 14.4. The molecule has 0 bridgehead atoms. The zero-order valence-electron chi connectivity index (χ0n) is 11.8. The lowest BCUT2D eigenvalue weighted by Crippen LogP contribution is -2.22. The van der Waals surface area contributed by atoms with Crippen LogP contribution < -0.4 is 10.2 Å². The molecule has 0 saturated carbocycles. The normalized spacial score (nSPS) is 10.6. The standard InChI is InChI=1S/C15H19BrN4/c1-3-17-9-13-7-14(16)10-19-15(13)20(2)11-12-5-4-6-18-8-12/h4-8,10,17H,3,9,11H2,1-2H3. The monoisotopic (exact) mass is 334 g/mol. The fraction of sp³-hybridized carbons (Fsp3) is 0.333. The second kappa shape index (κ2) is 7.36. The first kappa shape index (κ1) is 14.9. The van der Waals surface area contributed by atoms with E-state index in [1.807, 2.05) is 18.5 Å². The predicted molar refractivity (Wildman–Crippen MR) is 85.7 cm³/mol. The fourth-order valence-corrected chi connectivity index (χ4v) is 2.43. The molecule has 20 heavy (non-hydrogen) atoms. The Labute approximate surface area is 128 Å². The number of hydrogen-bond acceptors (Lipinski definition) is 4. The van der Waals surface area contributed by atoms with Crippen LogP contribution in [0, 0.1) is 0 Å². The summed E-state index contributed by atoms with van der Waals surface area (Å²) in [5.74, 6) is 0.998. The van der Waals surface area contributed by atoms with Gasteiger partial charge in [-0.25, -0.2) is 4.98 Å². The largest absolute Gasteiger partial charge is 0.355 e. The molecule has 0 atom stereocenters. The minimum Gasteiger partial charge on any atom is -0.355 e. The Bertz CT molecular complexity index is 545. The van der Waals surface area contributed by atoms with Gasteiger partial charge in [0.1, 0.15) is 5.82 Å². The van der Waals surface area contributed by atoms with Crippen LogP contribution in [0.4, 0.5) is 5.82 Å². The topological polar surface area (TPSA) is 41.1 Å². The highest BCUT2D eigenvalue weighted by atomic mass is 79.9. The lowest BCUT2D eigenvalue weighted by atomic mass is 10.2. The van der Waals surface area contributed by atoms with Crippen molar-refractivity contribution in [3.63, 3.8) is 0 Å². The summed E-state index contributed by atoms with van der Waals surface area (Å²) >= 11 is 3.49. The molecule has 0 unspecified atom stereocenters. The predicted octanol–water partition coefficient (Wildman–Crippen LogP) is 2.99. The summed E-state index contributed by atoms with van der Waals surface area (Å²) in [4.78, 5) is 10.8. The lowest BCUT2D eigenvalue weighted by Gasteiger charge is -2.21. The first-order chi connectivity index (χ1) is 9.70. The third kappa shape index (κ3) is 4.02. The molecule has 2 aromatic rings. The van der Waals surface area contributed by atoms with Crippen molar-refractivity contribution in [3.8, 4) is 0 Å². The fourth-order valence-electron chi connectivity index (χ4n) is 2.05. The van der Waals surface area contributed by atoms with Crippen LogP contribution in [-0.4, -0.2) is 23.6 Å². The second-order valence-electron chi connectivity index (χ2n) is 4.63. The second-order valence-corrected chi connectivity index (χ2v) is 5.55. The Morgan fingerprint density at radius 2 is 2.20 bits per heavy atom. The summed E-state index contributed by atoms with van der Waals surface area (Å²) in [5.41, 5.74) is 2.36. The molecule has 0 saturated heterocycles. The van der Waals surface area contributed by atoms with Crippen molar-refractivity contribution in [2.75, 3.05) is 18.5 Å². The van der Waals surface area contributed by atoms with Gasteiger partial charge in [0.15, 0.2) is 0 Å². The summed E-state index contributed by atoms with van der Waals surface area (Å²) in [6, 6.07) is 6.15. The van der Waals surface area contributed by atoms with Crippen LogP contribution in [0.5, 0.6) is 0 Å². The van der Waals surface area contributed by atoms with Crippen LogP contribution in [0.3, 0.4) is 0 Å². The Hall–Kier alpha value is -1.46. The number of anilines is 1. The highest BCUT2D eigenvalue weighted by molar-refractivity contribution is 9.10. The van der Waals surface area contributed by atoms with Crippen molar-refractivity contribution in [2.45, 2.75) is 20.0 Å². The van der Waals surface area contributed by atoms with E-state index in [0.29, 0.717) is 0 Å². The van der Waals surface area contributed by atoms with Crippen molar-refractivity contribution >= 4 is 21.7 Å². The maximum Gasteiger partial charge on any atom is 0.133 e. The molecule has 0 aliphatic carbocycles. The van der Waals surface area contributed by atoms with E-state index in [1.54, 1.807) is 6.20 Å². The maximum absolute atomic E-state index is 4.55.